The molecule has 0 saturated heterocycles. The van der Waals surface area contributed by atoms with Gasteiger partial charge < -0.3 is 0 Å². The zero-order valence-electron chi connectivity index (χ0n) is 10.2. The van der Waals surface area contributed by atoms with Crippen molar-refractivity contribution in [2.45, 2.75) is 48.5 Å². The second-order valence-corrected chi connectivity index (χ2v) is 6.75. The van der Waals surface area contributed by atoms with E-state index in [1.54, 1.807) is 0 Å². The highest BCUT2D eigenvalue weighted by molar-refractivity contribution is 5.24. The Morgan fingerprint density at radius 3 is 1.23 bits per heavy atom. The number of fused-ring (bicyclic) bond motifs is 1. The van der Waals surface area contributed by atoms with E-state index in [0.29, 0.717) is 16.2 Å². The fourth-order valence-electron chi connectivity index (χ4n) is 5.22. The molecule has 76 valence electrons. The lowest BCUT2D eigenvalue weighted by atomic mass is 9.42. The Balaban J connectivity index is 2.53. The monoisotopic (exact) mass is 180 g/mol. The molecule has 0 aromatic carbocycles. The van der Waals surface area contributed by atoms with Gasteiger partial charge in [0.15, 0.2) is 0 Å². The normalized spacial score (nSPS) is 56.1. The van der Waals surface area contributed by atoms with Crippen LogP contribution in [0.15, 0.2) is 0 Å². The minimum atomic E-state index is 0.528. The van der Waals surface area contributed by atoms with Crippen LogP contribution in [0.2, 0.25) is 0 Å². The molecule has 3 fully saturated rings. The van der Waals surface area contributed by atoms with Crippen LogP contribution in [0.25, 0.3) is 0 Å². The Bertz CT molecular complexity index is 249. The molecule has 0 aliphatic heterocycles. The quantitative estimate of drug-likeness (QED) is 0.529. The van der Waals surface area contributed by atoms with Crippen LogP contribution < -0.4 is 0 Å². The largest absolute Gasteiger partial charge is 0.0617 e. The van der Waals surface area contributed by atoms with Crippen LogP contribution in [0, 0.1) is 34.0 Å². The van der Waals surface area contributed by atoms with Crippen molar-refractivity contribution >= 4 is 0 Å². The van der Waals surface area contributed by atoms with Gasteiger partial charge in [0.25, 0.3) is 0 Å². The highest BCUT2D eigenvalue weighted by Crippen LogP contribution is 2.82. The van der Waals surface area contributed by atoms with Gasteiger partial charge in [-0.2, -0.15) is 0 Å². The lowest BCUT2D eigenvalue weighted by Gasteiger charge is -2.62. The van der Waals surface area contributed by atoms with Crippen molar-refractivity contribution in [2.75, 3.05) is 0 Å². The molecule has 0 nitrogen and oxygen atoms in total. The predicted octanol–water partition coefficient (Wildman–Crippen LogP) is 3.96. The maximum Gasteiger partial charge on any atom is -0.0189 e. The summed E-state index contributed by atoms with van der Waals surface area (Å²) in [6, 6.07) is 0. The summed E-state index contributed by atoms with van der Waals surface area (Å²) in [6.45, 7) is 17.3. The molecule has 3 aliphatic carbocycles. The van der Waals surface area contributed by atoms with Crippen LogP contribution in [0.4, 0.5) is 0 Å². The molecule has 0 N–H and O–H groups in total. The van der Waals surface area contributed by atoms with E-state index in [1.165, 1.54) is 0 Å². The third-order valence-electron chi connectivity index (χ3n) is 6.64. The van der Waals surface area contributed by atoms with Crippen molar-refractivity contribution in [3.05, 3.63) is 0 Å². The topological polar surface area (TPSA) is 0 Å². The second-order valence-electron chi connectivity index (χ2n) is 6.75. The summed E-state index contributed by atoms with van der Waals surface area (Å²) in [6.07, 6.45) is 0. The molecule has 0 radical (unpaired) electrons. The van der Waals surface area contributed by atoms with Gasteiger partial charge in [-0.25, -0.2) is 0 Å². The average molecular weight is 180 g/mol. The maximum absolute atomic E-state index is 2.51. The Hall–Kier alpha value is 0. The van der Waals surface area contributed by atoms with Gasteiger partial charge in [0, 0.05) is 0 Å². The molecule has 0 aromatic heterocycles. The van der Waals surface area contributed by atoms with E-state index in [1.807, 2.05) is 0 Å². The Kier molecular flexibility index (Phi) is 1.46. The van der Waals surface area contributed by atoms with E-state index in [4.69, 9.17) is 0 Å². The van der Waals surface area contributed by atoms with Crippen molar-refractivity contribution in [3.63, 3.8) is 0 Å². The highest BCUT2D eigenvalue weighted by Gasteiger charge is 2.77. The van der Waals surface area contributed by atoms with Gasteiger partial charge in [-0.05, 0) is 34.0 Å². The van der Waals surface area contributed by atoms with Crippen LogP contribution in [-0.2, 0) is 0 Å². The van der Waals surface area contributed by atoms with Gasteiger partial charge in [0.05, 0.1) is 0 Å². The molecular weight excluding hydrogens is 156 g/mol. The van der Waals surface area contributed by atoms with Crippen molar-refractivity contribution in [3.8, 4) is 0 Å². The molecule has 0 heterocycles. The van der Waals surface area contributed by atoms with Gasteiger partial charge in [0.2, 0.25) is 0 Å². The van der Waals surface area contributed by atoms with Crippen molar-refractivity contribution < 1.29 is 0 Å². The molecule has 13 heavy (non-hydrogen) atoms. The van der Waals surface area contributed by atoms with E-state index in [9.17, 15) is 0 Å². The minimum Gasteiger partial charge on any atom is -0.0617 e. The zero-order valence-corrected chi connectivity index (χ0v) is 10.2. The van der Waals surface area contributed by atoms with E-state index in [2.05, 4.69) is 48.5 Å². The van der Waals surface area contributed by atoms with Crippen LogP contribution in [-0.4, -0.2) is 0 Å². The summed E-state index contributed by atoms with van der Waals surface area (Å²) in [5.74, 6) is 2.77. The van der Waals surface area contributed by atoms with Crippen LogP contribution in [0.1, 0.15) is 48.5 Å². The molecule has 3 rings (SSSR count). The third-order valence-corrected chi connectivity index (χ3v) is 6.64. The zero-order chi connectivity index (χ0) is 10.2. The second kappa shape index (κ2) is 1.99. The van der Waals surface area contributed by atoms with Crippen LogP contribution in [0.5, 0.6) is 0 Å². The lowest BCUT2D eigenvalue weighted by molar-refractivity contribution is -0.143. The molecule has 0 aromatic rings. The maximum atomic E-state index is 2.51. The Labute approximate surface area is 83.1 Å². The summed E-state index contributed by atoms with van der Waals surface area (Å²) in [4.78, 5) is 0. The van der Waals surface area contributed by atoms with Gasteiger partial charge >= 0.3 is 0 Å². The smallest absolute Gasteiger partial charge is 0.0189 e. The molecule has 4 unspecified atom stereocenters. The fraction of sp³-hybridized carbons (Fsp3) is 1.00. The number of rotatable bonds is 0. The predicted molar refractivity (Wildman–Crippen MR) is 57.5 cm³/mol. The van der Waals surface area contributed by atoms with E-state index in [-0.39, 0.29) is 0 Å². The van der Waals surface area contributed by atoms with Gasteiger partial charge in [0.1, 0.15) is 0 Å². The molecule has 0 heteroatoms. The van der Waals surface area contributed by atoms with E-state index < -0.39 is 0 Å². The first-order chi connectivity index (χ1) is 5.69. The average Bonchev–Trinajstić information content (AvgIpc) is 2.19. The van der Waals surface area contributed by atoms with Crippen LogP contribution >= 0.6 is 0 Å². The Morgan fingerprint density at radius 2 is 1.15 bits per heavy atom. The summed E-state index contributed by atoms with van der Waals surface area (Å²) in [7, 11) is 0. The minimum absolute atomic E-state index is 0.528. The van der Waals surface area contributed by atoms with Gasteiger partial charge in [-0.1, -0.05) is 48.5 Å². The first-order valence-electron chi connectivity index (χ1n) is 5.69. The molecule has 0 amide bonds. The number of hydrogen-bond donors (Lipinski definition) is 0. The summed E-state index contributed by atoms with van der Waals surface area (Å²) >= 11 is 0. The standard InChI is InChI=1S/C13H24/c1-8-10-9(2)13(7,11(8,3)4)12(10,5)6/h8-10H,1-7H3. The van der Waals surface area contributed by atoms with E-state index >= 15 is 0 Å². The molecule has 0 spiro atoms. The lowest BCUT2D eigenvalue weighted by Crippen LogP contribution is -2.57. The SMILES string of the molecule is CC1C2C(C)C(C)(C1(C)C)C2(C)C. The Morgan fingerprint density at radius 1 is 0.692 bits per heavy atom. The molecule has 3 saturated carbocycles. The van der Waals surface area contributed by atoms with Gasteiger partial charge in [-0.15, -0.1) is 0 Å². The summed E-state index contributed by atoms with van der Waals surface area (Å²) in [5.41, 5.74) is 1.65. The summed E-state index contributed by atoms with van der Waals surface area (Å²) < 4.78 is 0. The molecular formula is C13H24. The van der Waals surface area contributed by atoms with Crippen molar-refractivity contribution in [1.29, 1.82) is 0 Å². The molecule has 3 aliphatic rings. The first kappa shape index (κ1) is 9.55. The summed E-state index contributed by atoms with van der Waals surface area (Å²) in [5, 5.41) is 0. The van der Waals surface area contributed by atoms with Gasteiger partial charge in [-0.3, -0.25) is 0 Å². The van der Waals surface area contributed by atoms with Crippen LogP contribution in [0.3, 0.4) is 0 Å². The molecule has 2 bridgehead atoms. The highest BCUT2D eigenvalue weighted by atomic mass is 14.8. The molecule has 4 atom stereocenters. The van der Waals surface area contributed by atoms with E-state index in [0.717, 1.165) is 17.8 Å². The third kappa shape index (κ3) is 0.620. The number of hydrogen-bond acceptors (Lipinski definition) is 0. The first-order valence-corrected chi connectivity index (χ1v) is 5.69. The fourth-order valence-corrected chi connectivity index (χ4v) is 5.22. The van der Waals surface area contributed by atoms with Crippen molar-refractivity contribution in [1.82, 2.24) is 0 Å². The van der Waals surface area contributed by atoms with Crippen molar-refractivity contribution in [2.24, 2.45) is 34.0 Å².